The molecule has 0 saturated carbocycles. The SMILES string of the molecule is Cc1ccc2cc(F)c(O)cc2n1. The molecule has 0 spiro atoms. The number of phenolic OH excluding ortho intramolecular Hbond substituents is 1. The van der Waals surface area contributed by atoms with Crippen LogP contribution in [0.3, 0.4) is 0 Å². The average Bonchev–Trinajstić information content (AvgIpc) is 2.08. The molecule has 1 heterocycles. The second kappa shape index (κ2) is 2.69. The van der Waals surface area contributed by atoms with Crippen LogP contribution in [0.15, 0.2) is 24.3 Å². The summed E-state index contributed by atoms with van der Waals surface area (Å²) in [6.45, 7) is 1.85. The van der Waals surface area contributed by atoms with Gasteiger partial charge in [-0.15, -0.1) is 0 Å². The number of hydrogen-bond donors (Lipinski definition) is 1. The number of nitrogens with zero attached hydrogens (tertiary/aromatic N) is 1. The first-order valence-electron chi connectivity index (χ1n) is 3.93. The van der Waals surface area contributed by atoms with Crippen molar-refractivity contribution in [2.24, 2.45) is 0 Å². The third-order valence-corrected chi connectivity index (χ3v) is 1.90. The molecule has 1 aromatic carbocycles. The monoisotopic (exact) mass is 177 g/mol. The number of aromatic nitrogens is 1. The van der Waals surface area contributed by atoms with Crippen LogP contribution in [0.2, 0.25) is 0 Å². The van der Waals surface area contributed by atoms with Crippen molar-refractivity contribution in [1.82, 2.24) is 4.98 Å². The van der Waals surface area contributed by atoms with Crippen LogP contribution in [-0.4, -0.2) is 10.1 Å². The van der Waals surface area contributed by atoms with E-state index in [0.29, 0.717) is 10.9 Å². The third kappa shape index (κ3) is 1.33. The van der Waals surface area contributed by atoms with Crippen molar-refractivity contribution >= 4 is 10.9 Å². The molecule has 0 bridgehead atoms. The van der Waals surface area contributed by atoms with Gasteiger partial charge in [0.2, 0.25) is 0 Å². The average molecular weight is 177 g/mol. The van der Waals surface area contributed by atoms with E-state index in [1.165, 1.54) is 12.1 Å². The van der Waals surface area contributed by atoms with Gasteiger partial charge in [-0.2, -0.15) is 0 Å². The van der Waals surface area contributed by atoms with Gasteiger partial charge < -0.3 is 5.11 Å². The maximum atomic E-state index is 12.9. The molecular formula is C10H8FNO. The number of rotatable bonds is 0. The first-order chi connectivity index (χ1) is 6.16. The Kier molecular flexibility index (Phi) is 1.65. The molecule has 2 aromatic rings. The number of pyridine rings is 1. The van der Waals surface area contributed by atoms with Gasteiger partial charge in [0, 0.05) is 17.1 Å². The molecule has 2 rings (SSSR count). The zero-order valence-electron chi connectivity index (χ0n) is 7.08. The number of fused-ring (bicyclic) bond motifs is 1. The van der Waals surface area contributed by atoms with Crippen LogP contribution in [0.1, 0.15) is 5.69 Å². The molecule has 0 aliphatic heterocycles. The fourth-order valence-corrected chi connectivity index (χ4v) is 1.23. The molecule has 0 amide bonds. The molecule has 0 saturated heterocycles. The van der Waals surface area contributed by atoms with E-state index in [9.17, 15) is 4.39 Å². The molecule has 3 heteroatoms. The predicted molar refractivity (Wildman–Crippen MR) is 48.1 cm³/mol. The normalized spacial score (nSPS) is 10.6. The molecule has 66 valence electrons. The largest absolute Gasteiger partial charge is 0.505 e. The molecule has 13 heavy (non-hydrogen) atoms. The molecule has 1 N–H and O–H groups in total. The lowest BCUT2D eigenvalue weighted by Gasteiger charge is -2.00. The van der Waals surface area contributed by atoms with E-state index in [2.05, 4.69) is 4.98 Å². The van der Waals surface area contributed by atoms with Gasteiger partial charge in [0.1, 0.15) is 0 Å². The third-order valence-electron chi connectivity index (χ3n) is 1.90. The molecule has 0 aliphatic carbocycles. The maximum Gasteiger partial charge on any atom is 0.165 e. The molecule has 0 unspecified atom stereocenters. The van der Waals surface area contributed by atoms with E-state index in [-0.39, 0.29) is 5.75 Å². The number of benzene rings is 1. The zero-order chi connectivity index (χ0) is 9.42. The van der Waals surface area contributed by atoms with E-state index >= 15 is 0 Å². The zero-order valence-corrected chi connectivity index (χ0v) is 7.08. The highest BCUT2D eigenvalue weighted by Gasteiger charge is 2.03. The van der Waals surface area contributed by atoms with Gasteiger partial charge >= 0.3 is 0 Å². The summed E-state index contributed by atoms with van der Waals surface area (Å²) in [6, 6.07) is 6.19. The second-order valence-electron chi connectivity index (χ2n) is 2.95. The van der Waals surface area contributed by atoms with Crippen LogP contribution in [0.5, 0.6) is 5.75 Å². The summed E-state index contributed by atoms with van der Waals surface area (Å²) in [5.74, 6) is -0.969. The van der Waals surface area contributed by atoms with Gasteiger partial charge in [0.05, 0.1) is 5.52 Å². The van der Waals surface area contributed by atoms with Crippen LogP contribution in [0.25, 0.3) is 10.9 Å². The Morgan fingerprint density at radius 3 is 2.85 bits per heavy atom. The summed E-state index contributed by atoms with van der Waals surface area (Å²) >= 11 is 0. The minimum atomic E-state index is -0.613. The minimum absolute atomic E-state index is 0.356. The lowest BCUT2D eigenvalue weighted by atomic mass is 10.2. The van der Waals surface area contributed by atoms with E-state index in [1.807, 2.05) is 6.92 Å². The van der Waals surface area contributed by atoms with Crippen molar-refractivity contribution in [3.63, 3.8) is 0 Å². The first-order valence-corrected chi connectivity index (χ1v) is 3.93. The summed E-state index contributed by atoms with van der Waals surface area (Å²) in [7, 11) is 0. The second-order valence-corrected chi connectivity index (χ2v) is 2.95. The van der Waals surface area contributed by atoms with Gasteiger partial charge in [0.15, 0.2) is 11.6 Å². The summed E-state index contributed by atoms with van der Waals surface area (Å²) in [4.78, 5) is 4.15. The number of halogens is 1. The van der Waals surface area contributed by atoms with Crippen LogP contribution < -0.4 is 0 Å². The van der Waals surface area contributed by atoms with E-state index in [0.717, 1.165) is 5.69 Å². The maximum absolute atomic E-state index is 12.9. The Hall–Kier alpha value is -1.64. The molecule has 0 radical (unpaired) electrons. The molecule has 1 aromatic heterocycles. The highest BCUT2D eigenvalue weighted by atomic mass is 19.1. The summed E-state index contributed by atoms with van der Waals surface area (Å²) in [6.07, 6.45) is 0. The highest BCUT2D eigenvalue weighted by Crippen LogP contribution is 2.22. The molecule has 0 fully saturated rings. The Labute approximate surface area is 74.7 Å². The standard InChI is InChI=1S/C10H8FNO/c1-6-2-3-7-4-8(11)10(13)5-9(7)12-6/h2-5,13H,1H3. The van der Waals surface area contributed by atoms with Gasteiger partial charge in [0.25, 0.3) is 0 Å². The Morgan fingerprint density at radius 2 is 2.08 bits per heavy atom. The van der Waals surface area contributed by atoms with Gasteiger partial charge in [-0.3, -0.25) is 4.98 Å². The first kappa shape index (κ1) is 7.98. The predicted octanol–water partition coefficient (Wildman–Crippen LogP) is 2.39. The van der Waals surface area contributed by atoms with Gasteiger partial charge in [-0.1, -0.05) is 6.07 Å². The van der Waals surface area contributed by atoms with E-state index in [1.54, 1.807) is 12.1 Å². The van der Waals surface area contributed by atoms with E-state index in [4.69, 9.17) is 5.11 Å². The van der Waals surface area contributed by atoms with Crippen molar-refractivity contribution in [3.05, 3.63) is 35.8 Å². The fourth-order valence-electron chi connectivity index (χ4n) is 1.23. The van der Waals surface area contributed by atoms with Crippen molar-refractivity contribution in [3.8, 4) is 5.75 Å². The summed E-state index contributed by atoms with van der Waals surface area (Å²) in [5.41, 5.74) is 1.46. The van der Waals surface area contributed by atoms with Crippen molar-refractivity contribution in [2.75, 3.05) is 0 Å². The molecule has 0 atom stereocenters. The lowest BCUT2D eigenvalue weighted by molar-refractivity contribution is 0.433. The fraction of sp³-hybridized carbons (Fsp3) is 0.100. The lowest BCUT2D eigenvalue weighted by Crippen LogP contribution is -1.84. The van der Waals surface area contributed by atoms with Crippen molar-refractivity contribution < 1.29 is 9.50 Å². The molecule has 2 nitrogen and oxygen atoms in total. The number of phenols is 1. The molecular weight excluding hydrogens is 169 g/mol. The van der Waals surface area contributed by atoms with Gasteiger partial charge in [-0.25, -0.2) is 4.39 Å². The number of aryl methyl sites for hydroxylation is 1. The summed E-state index contributed by atoms with van der Waals surface area (Å²) in [5, 5.41) is 9.79. The quantitative estimate of drug-likeness (QED) is 0.670. The summed E-state index contributed by atoms with van der Waals surface area (Å²) < 4.78 is 12.9. The number of aromatic hydroxyl groups is 1. The van der Waals surface area contributed by atoms with Crippen LogP contribution in [-0.2, 0) is 0 Å². The van der Waals surface area contributed by atoms with Crippen molar-refractivity contribution in [2.45, 2.75) is 6.92 Å². The minimum Gasteiger partial charge on any atom is -0.505 e. The van der Waals surface area contributed by atoms with Crippen LogP contribution >= 0.6 is 0 Å². The van der Waals surface area contributed by atoms with Crippen LogP contribution in [0, 0.1) is 12.7 Å². The Morgan fingerprint density at radius 1 is 1.31 bits per heavy atom. The van der Waals surface area contributed by atoms with Crippen molar-refractivity contribution in [1.29, 1.82) is 0 Å². The Bertz CT molecular complexity index is 468. The smallest absolute Gasteiger partial charge is 0.165 e. The highest BCUT2D eigenvalue weighted by molar-refractivity contribution is 5.80. The molecule has 0 aliphatic rings. The van der Waals surface area contributed by atoms with Gasteiger partial charge in [-0.05, 0) is 19.1 Å². The topological polar surface area (TPSA) is 33.1 Å². The van der Waals surface area contributed by atoms with Crippen LogP contribution in [0.4, 0.5) is 4.39 Å². The van der Waals surface area contributed by atoms with E-state index < -0.39 is 5.82 Å². The number of hydrogen-bond acceptors (Lipinski definition) is 2. The Balaban J connectivity index is 2.81.